The van der Waals surface area contributed by atoms with Gasteiger partial charge < -0.3 is 4.90 Å². The highest BCUT2D eigenvalue weighted by molar-refractivity contribution is 7.26. The molecule has 0 amide bonds. The van der Waals surface area contributed by atoms with Crippen molar-refractivity contribution in [3.63, 3.8) is 0 Å². The third-order valence-electron chi connectivity index (χ3n) is 11.0. The second-order valence-electron chi connectivity index (χ2n) is 14.1. The van der Waals surface area contributed by atoms with E-state index >= 15 is 0 Å². The van der Waals surface area contributed by atoms with Gasteiger partial charge in [-0.3, -0.25) is 0 Å². The largest absolute Gasteiger partial charge is 0.309 e. The summed E-state index contributed by atoms with van der Waals surface area (Å²) in [7, 11) is 0. The van der Waals surface area contributed by atoms with Gasteiger partial charge in [0.25, 0.3) is 0 Å². The lowest BCUT2D eigenvalue weighted by Gasteiger charge is -2.27. The fourth-order valence-electron chi connectivity index (χ4n) is 8.50. The highest BCUT2D eigenvalue weighted by Crippen LogP contribution is 2.49. The Morgan fingerprint density at radius 1 is 0.333 bits per heavy atom. The van der Waals surface area contributed by atoms with Crippen molar-refractivity contribution in [3.05, 3.63) is 200 Å². The van der Waals surface area contributed by atoms with Gasteiger partial charge in [0, 0.05) is 26.8 Å². The first kappa shape index (κ1) is 30.8. The molecule has 1 aromatic heterocycles. The van der Waals surface area contributed by atoms with Gasteiger partial charge in [-0.2, -0.15) is 0 Å². The third kappa shape index (κ3) is 4.92. The van der Waals surface area contributed by atoms with E-state index in [1.165, 1.54) is 91.2 Å². The number of hydrogen-bond donors (Lipinski definition) is 0. The van der Waals surface area contributed by atoms with Crippen molar-refractivity contribution >= 4 is 91.7 Å². The van der Waals surface area contributed by atoms with Crippen molar-refractivity contribution in [2.45, 2.75) is 0 Å². The second kappa shape index (κ2) is 12.4. The number of fused-ring (bicyclic) bond motifs is 10. The van der Waals surface area contributed by atoms with Crippen LogP contribution in [0.4, 0.5) is 17.1 Å². The minimum atomic E-state index is 1.12. The van der Waals surface area contributed by atoms with Gasteiger partial charge in [-0.15, -0.1) is 11.3 Å². The predicted molar refractivity (Wildman–Crippen MR) is 235 cm³/mol. The maximum absolute atomic E-state index is 2.46. The zero-order valence-electron chi connectivity index (χ0n) is 29.4. The van der Waals surface area contributed by atoms with Gasteiger partial charge in [0.2, 0.25) is 0 Å². The predicted octanol–water partition coefficient (Wildman–Crippen LogP) is 15.5. The van der Waals surface area contributed by atoms with E-state index in [-0.39, 0.29) is 0 Å². The van der Waals surface area contributed by atoms with E-state index in [9.17, 15) is 0 Å². The van der Waals surface area contributed by atoms with Crippen molar-refractivity contribution in [1.82, 2.24) is 0 Å². The van der Waals surface area contributed by atoms with Crippen molar-refractivity contribution in [1.29, 1.82) is 0 Å². The summed E-state index contributed by atoms with van der Waals surface area (Å²) in [6, 6.07) is 73.5. The molecule has 0 radical (unpaired) electrons. The molecule has 0 saturated carbocycles. The summed E-state index contributed by atoms with van der Waals surface area (Å²) in [5, 5.41) is 12.8. The molecule has 0 fully saturated rings. The van der Waals surface area contributed by atoms with Gasteiger partial charge >= 0.3 is 0 Å². The van der Waals surface area contributed by atoms with Crippen LogP contribution in [0.5, 0.6) is 0 Å². The number of benzene rings is 10. The Morgan fingerprint density at radius 2 is 0.944 bits per heavy atom. The molecule has 0 aliphatic heterocycles. The molecule has 0 unspecified atom stereocenters. The molecule has 0 atom stereocenters. The van der Waals surface area contributed by atoms with Crippen LogP contribution in [0.15, 0.2) is 200 Å². The topological polar surface area (TPSA) is 3.24 Å². The summed E-state index contributed by atoms with van der Waals surface area (Å²) >= 11 is 1.88. The van der Waals surface area contributed by atoms with Crippen LogP contribution in [0.3, 0.4) is 0 Å². The van der Waals surface area contributed by atoms with E-state index in [1.54, 1.807) is 0 Å². The molecule has 0 N–H and O–H groups in total. The minimum absolute atomic E-state index is 1.12. The quantitative estimate of drug-likeness (QED) is 0.161. The number of rotatable bonds is 5. The van der Waals surface area contributed by atoms with Gasteiger partial charge in [0.1, 0.15) is 0 Å². The zero-order valence-corrected chi connectivity index (χ0v) is 30.2. The normalized spacial score (nSPS) is 11.7. The minimum Gasteiger partial charge on any atom is -0.309 e. The number of anilines is 3. The van der Waals surface area contributed by atoms with Gasteiger partial charge in [0.15, 0.2) is 0 Å². The van der Waals surface area contributed by atoms with Crippen LogP contribution in [0, 0.1) is 0 Å². The maximum Gasteiger partial charge on any atom is 0.0646 e. The molecule has 0 aliphatic carbocycles. The Morgan fingerprint density at radius 3 is 1.72 bits per heavy atom. The molecule has 11 aromatic rings. The lowest BCUT2D eigenvalue weighted by Crippen LogP contribution is -2.10. The standard InChI is InChI=1S/C52H33NS/c1-2-13-34(14-3-1)37-18-12-19-41(31-37)53(48-33-39-17-6-9-22-44(39)51-46-23-10-11-24-49(46)54-52(48)51)40-28-25-36(26-29-40)47-32-38-16-5-8-21-43(38)50-42-20-7-4-15-35(42)27-30-45(47)50/h1-33H. The lowest BCUT2D eigenvalue weighted by molar-refractivity contribution is 1.30. The second-order valence-corrected chi connectivity index (χ2v) is 15.1. The molecular weight excluding hydrogens is 671 g/mol. The first-order valence-electron chi connectivity index (χ1n) is 18.5. The first-order chi connectivity index (χ1) is 26.8. The summed E-state index contributed by atoms with van der Waals surface area (Å²) < 4.78 is 2.59. The molecule has 0 bridgehead atoms. The van der Waals surface area contributed by atoms with Crippen LogP contribution in [0.25, 0.3) is 85.5 Å². The number of thiophene rings is 1. The van der Waals surface area contributed by atoms with E-state index < -0.39 is 0 Å². The Hall–Kier alpha value is -6.74. The highest BCUT2D eigenvalue weighted by atomic mass is 32.1. The monoisotopic (exact) mass is 703 g/mol. The average molecular weight is 704 g/mol. The first-order valence-corrected chi connectivity index (χ1v) is 19.3. The highest BCUT2D eigenvalue weighted by Gasteiger charge is 2.21. The van der Waals surface area contributed by atoms with Crippen molar-refractivity contribution in [2.24, 2.45) is 0 Å². The van der Waals surface area contributed by atoms with Crippen LogP contribution >= 0.6 is 11.3 Å². The van der Waals surface area contributed by atoms with Crippen LogP contribution < -0.4 is 4.90 Å². The lowest BCUT2D eigenvalue weighted by atomic mass is 9.90. The molecule has 1 heterocycles. The molecular formula is C52H33NS. The van der Waals surface area contributed by atoms with E-state index in [2.05, 4.69) is 205 Å². The van der Waals surface area contributed by atoms with E-state index in [4.69, 9.17) is 0 Å². The molecule has 0 saturated heterocycles. The van der Waals surface area contributed by atoms with Gasteiger partial charge in [-0.1, -0.05) is 158 Å². The molecule has 2 heteroatoms. The zero-order chi connectivity index (χ0) is 35.6. The molecule has 252 valence electrons. The van der Waals surface area contributed by atoms with Crippen LogP contribution in [0.2, 0.25) is 0 Å². The average Bonchev–Trinajstić information content (AvgIpc) is 3.64. The van der Waals surface area contributed by atoms with Gasteiger partial charge in [-0.25, -0.2) is 0 Å². The molecule has 11 rings (SSSR count). The fourth-order valence-corrected chi connectivity index (χ4v) is 9.73. The fraction of sp³-hybridized carbons (Fsp3) is 0. The number of nitrogens with zero attached hydrogens (tertiary/aromatic N) is 1. The van der Waals surface area contributed by atoms with E-state index in [0.29, 0.717) is 0 Å². The Balaban J connectivity index is 1.15. The van der Waals surface area contributed by atoms with Crippen molar-refractivity contribution in [2.75, 3.05) is 4.90 Å². The maximum atomic E-state index is 2.46. The SMILES string of the molecule is c1ccc(-c2cccc(N(c3ccc(-c4cc5ccccc5c5c4ccc4ccccc45)cc3)c3cc4ccccc4c4c3sc3ccccc34)c2)cc1. The summed E-state index contributed by atoms with van der Waals surface area (Å²) in [4.78, 5) is 2.46. The molecule has 0 aliphatic rings. The van der Waals surface area contributed by atoms with Crippen molar-refractivity contribution in [3.8, 4) is 22.3 Å². The number of hydrogen-bond acceptors (Lipinski definition) is 2. The molecule has 10 aromatic carbocycles. The van der Waals surface area contributed by atoms with E-state index in [1.807, 2.05) is 11.3 Å². The van der Waals surface area contributed by atoms with Crippen LogP contribution in [0.1, 0.15) is 0 Å². The Bertz CT molecular complexity index is 3200. The van der Waals surface area contributed by atoms with Gasteiger partial charge in [0.05, 0.1) is 10.4 Å². The summed E-state index contributed by atoms with van der Waals surface area (Å²) in [5.41, 5.74) is 8.28. The molecule has 0 spiro atoms. The summed E-state index contributed by atoms with van der Waals surface area (Å²) in [6.45, 7) is 0. The van der Waals surface area contributed by atoms with Gasteiger partial charge in [-0.05, 0) is 108 Å². The smallest absolute Gasteiger partial charge is 0.0646 e. The Kier molecular flexibility index (Phi) is 7.11. The van der Waals surface area contributed by atoms with Crippen LogP contribution in [-0.2, 0) is 0 Å². The Labute approximate surface area is 317 Å². The van der Waals surface area contributed by atoms with E-state index in [0.717, 1.165) is 11.4 Å². The summed E-state index contributed by atoms with van der Waals surface area (Å²) in [6.07, 6.45) is 0. The molecule has 1 nitrogen and oxygen atoms in total. The van der Waals surface area contributed by atoms with Crippen molar-refractivity contribution < 1.29 is 0 Å². The summed E-state index contributed by atoms with van der Waals surface area (Å²) in [5.74, 6) is 0. The van der Waals surface area contributed by atoms with Crippen LogP contribution in [-0.4, -0.2) is 0 Å². The third-order valence-corrected chi connectivity index (χ3v) is 12.2. The molecule has 54 heavy (non-hydrogen) atoms.